The number of nitriles is 1. The molecule has 20 heavy (non-hydrogen) atoms. The van der Waals surface area contributed by atoms with Gasteiger partial charge in [0.25, 0.3) is 0 Å². The number of nitrogens with one attached hydrogen (secondary N) is 1. The van der Waals surface area contributed by atoms with Crippen LogP contribution in [0.2, 0.25) is 0 Å². The fourth-order valence-electron chi connectivity index (χ4n) is 2.79. The summed E-state index contributed by atoms with van der Waals surface area (Å²) < 4.78 is 13.4. The summed E-state index contributed by atoms with van der Waals surface area (Å²) in [6.07, 6.45) is 2.48. The number of halogens is 1. The largest absolute Gasteiger partial charge is 0.316 e. The van der Waals surface area contributed by atoms with Gasteiger partial charge in [0.1, 0.15) is 5.82 Å². The highest BCUT2D eigenvalue weighted by atomic mass is 19.1. The number of hydrogen-bond acceptors (Lipinski definition) is 3. The van der Waals surface area contributed by atoms with Crippen molar-refractivity contribution in [3.8, 4) is 6.07 Å². The van der Waals surface area contributed by atoms with Gasteiger partial charge in [-0.15, -0.1) is 0 Å². The zero-order valence-electron chi connectivity index (χ0n) is 12.0. The Morgan fingerprint density at radius 3 is 3.00 bits per heavy atom. The molecule has 0 bridgehead atoms. The second-order valence-corrected chi connectivity index (χ2v) is 5.45. The van der Waals surface area contributed by atoms with Crippen LogP contribution in [-0.4, -0.2) is 31.1 Å². The molecule has 108 valence electrons. The van der Waals surface area contributed by atoms with E-state index in [1.807, 2.05) is 0 Å². The summed E-state index contributed by atoms with van der Waals surface area (Å²) in [5, 5.41) is 12.5. The monoisotopic (exact) mass is 275 g/mol. The number of rotatable bonds is 5. The van der Waals surface area contributed by atoms with E-state index in [-0.39, 0.29) is 5.82 Å². The van der Waals surface area contributed by atoms with Crippen molar-refractivity contribution in [3.05, 3.63) is 35.1 Å². The van der Waals surface area contributed by atoms with E-state index in [1.165, 1.54) is 25.0 Å². The Hall–Kier alpha value is -1.44. The molecule has 0 amide bonds. The second kappa shape index (κ2) is 7.37. The van der Waals surface area contributed by atoms with Gasteiger partial charge in [-0.05, 0) is 62.2 Å². The molecule has 1 atom stereocenters. The van der Waals surface area contributed by atoms with Gasteiger partial charge in [0.2, 0.25) is 0 Å². The number of nitrogens with zero attached hydrogens (tertiary/aromatic N) is 2. The van der Waals surface area contributed by atoms with Crippen molar-refractivity contribution in [2.45, 2.75) is 26.3 Å². The normalized spacial score (nSPS) is 19.0. The standard InChI is InChI=1S/C16H22FN3/c1-2-20(11-13-4-3-7-19-10-13)12-15-8-16(17)6-5-14(15)9-18/h5-6,8,13,19H,2-4,7,10-12H2,1H3. The van der Waals surface area contributed by atoms with Crippen LogP contribution in [0.15, 0.2) is 18.2 Å². The molecular formula is C16H22FN3. The van der Waals surface area contributed by atoms with Crippen molar-refractivity contribution in [3.63, 3.8) is 0 Å². The fraction of sp³-hybridized carbons (Fsp3) is 0.562. The Bertz CT molecular complexity index is 475. The SMILES string of the molecule is CCN(Cc1cc(F)ccc1C#N)CC1CCCNC1. The number of piperidine rings is 1. The summed E-state index contributed by atoms with van der Waals surface area (Å²) in [5.41, 5.74) is 1.37. The summed E-state index contributed by atoms with van der Waals surface area (Å²) in [5.74, 6) is 0.386. The van der Waals surface area contributed by atoms with Gasteiger partial charge in [-0.25, -0.2) is 4.39 Å². The maximum absolute atomic E-state index is 13.4. The molecule has 1 N–H and O–H groups in total. The van der Waals surface area contributed by atoms with E-state index in [9.17, 15) is 4.39 Å². The maximum atomic E-state index is 13.4. The average Bonchev–Trinajstić information content (AvgIpc) is 2.48. The fourth-order valence-corrected chi connectivity index (χ4v) is 2.79. The molecule has 1 unspecified atom stereocenters. The summed E-state index contributed by atoms with van der Waals surface area (Å²) >= 11 is 0. The first-order valence-electron chi connectivity index (χ1n) is 7.34. The van der Waals surface area contributed by atoms with Gasteiger partial charge >= 0.3 is 0 Å². The Kier molecular flexibility index (Phi) is 5.51. The third-order valence-corrected chi connectivity index (χ3v) is 3.94. The Morgan fingerprint density at radius 2 is 2.35 bits per heavy atom. The van der Waals surface area contributed by atoms with E-state index in [4.69, 9.17) is 5.26 Å². The second-order valence-electron chi connectivity index (χ2n) is 5.45. The van der Waals surface area contributed by atoms with Gasteiger partial charge in [-0.1, -0.05) is 6.92 Å². The smallest absolute Gasteiger partial charge is 0.123 e. The van der Waals surface area contributed by atoms with Gasteiger partial charge in [0.05, 0.1) is 11.6 Å². The summed E-state index contributed by atoms with van der Waals surface area (Å²) in [4.78, 5) is 2.30. The van der Waals surface area contributed by atoms with Crippen molar-refractivity contribution < 1.29 is 4.39 Å². The van der Waals surface area contributed by atoms with E-state index in [2.05, 4.69) is 23.2 Å². The van der Waals surface area contributed by atoms with Crippen molar-refractivity contribution in [1.29, 1.82) is 5.26 Å². The van der Waals surface area contributed by atoms with E-state index in [0.29, 0.717) is 18.0 Å². The molecule has 0 radical (unpaired) electrons. The first-order chi connectivity index (χ1) is 9.72. The highest BCUT2D eigenvalue weighted by Gasteiger charge is 2.17. The first kappa shape index (κ1) is 15.0. The lowest BCUT2D eigenvalue weighted by atomic mass is 9.98. The molecule has 1 aliphatic rings. The molecule has 1 aromatic rings. The summed E-state index contributed by atoms with van der Waals surface area (Å²) in [7, 11) is 0. The van der Waals surface area contributed by atoms with Crippen LogP contribution in [0.1, 0.15) is 30.9 Å². The molecule has 4 heteroatoms. The predicted molar refractivity (Wildman–Crippen MR) is 77.7 cm³/mol. The van der Waals surface area contributed by atoms with Crippen LogP contribution < -0.4 is 5.32 Å². The topological polar surface area (TPSA) is 39.1 Å². The quantitative estimate of drug-likeness (QED) is 0.897. The van der Waals surface area contributed by atoms with Crippen LogP contribution in [0.5, 0.6) is 0 Å². The van der Waals surface area contributed by atoms with Crippen LogP contribution in [-0.2, 0) is 6.54 Å². The third kappa shape index (κ3) is 4.03. The van der Waals surface area contributed by atoms with Crippen LogP contribution in [0, 0.1) is 23.1 Å². The van der Waals surface area contributed by atoms with E-state index >= 15 is 0 Å². The van der Waals surface area contributed by atoms with Crippen molar-refractivity contribution >= 4 is 0 Å². The minimum atomic E-state index is -0.269. The van der Waals surface area contributed by atoms with E-state index in [1.54, 1.807) is 6.07 Å². The maximum Gasteiger partial charge on any atom is 0.123 e. The van der Waals surface area contributed by atoms with Crippen molar-refractivity contribution in [2.24, 2.45) is 5.92 Å². The molecule has 1 heterocycles. The number of hydrogen-bond donors (Lipinski definition) is 1. The van der Waals surface area contributed by atoms with Gasteiger partial charge in [-0.2, -0.15) is 5.26 Å². The Morgan fingerprint density at radius 1 is 1.50 bits per heavy atom. The summed E-state index contributed by atoms with van der Waals surface area (Å²) in [6.45, 7) is 6.86. The molecule has 0 saturated carbocycles. The highest BCUT2D eigenvalue weighted by molar-refractivity contribution is 5.37. The van der Waals surface area contributed by atoms with Crippen LogP contribution >= 0.6 is 0 Å². The molecule has 2 rings (SSSR count). The molecule has 0 aromatic heterocycles. The highest BCUT2D eigenvalue weighted by Crippen LogP contribution is 2.16. The molecule has 0 spiro atoms. The number of benzene rings is 1. The molecule has 1 saturated heterocycles. The van der Waals surface area contributed by atoms with Crippen LogP contribution in [0.25, 0.3) is 0 Å². The molecule has 0 aliphatic carbocycles. The Labute approximate surface area is 120 Å². The van der Waals surface area contributed by atoms with E-state index in [0.717, 1.165) is 31.7 Å². The zero-order chi connectivity index (χ0) is 14.4. The van der Waals surface area contributed by atoms with Crippen LogP contribution in [0.3, 0.4) is 0 Å². The molecule has 1 fully saturated rings. The van der Waals surface area contributed by atoms with Crippen LogP contribution in [0.4, 0.5) is 4.39 Å². The minimum Gasteiger partial charge on any atom is -0.316 e. The molecule has 1 aromatic carbocycles. The van der Waals surface area contributed by atoms with Crippen molar-refractivity contribution in [2.75, 3.05) is 26.2 Å². The average molecular weight is 275 g/mol. The zero-order valence-corrected chi connectivity index (χ0v) is 12.0. The van der Waals surface area contributed by atoms with Gasteiger partial charge < -0.3 is 5.32 Å². The first-order valence-corrected chi connectivity index (χ1v) is 7.34. The van der Waals surface area contributed by atoms with E-state index < -0.39 is 0 Å². The van der Waals surface area contributed by atoms with Gasteiger partial charge in [0.15, 0.2) is 0 Å². The lowest BCUT2D eigenvalue weighted by molar-refractivity contribution is 0.209. The lowest BCUT2D eigenvalue weighted by Crippen LogP contribution is -2.38. The van der Waals surface area contributed by atoms with Gasteiger partial charge in [0, 0.05) is 13.1 Å². The van der Waals surface area contributed by atoms with Gasteiger partial charge in [-0.3, -0.25) is 4.90 Å². The molecule has 3 nitrogen and oxygen atoms in total. The molecule has 1 aliphatic heterocycles. The van der Waals surface area contributed by atoms with Crippen molar-refractivity contribution in [1.82, 2.24) is 10.2 Å². The predicted octanol–water partition coefficient (Wildman–Crippen LogP) is 2.52. The Balaban J connectivity index is 2.02. The lowest BCUT2D eigenvalue weighted by Gasteiger charge is -2.29. The molecular weight excluding hydrogens is 253 g/mol. The third-order valence-electron chi connectivity index (χ3n) is 3.94. The summed E-state index contributed by atoms with van der Waals surface area (Å²) in [6, 6.07) is 6.56. The minimum absolute atomic E-state index is 0.269.